The van der Waals surface area contributed by atoms with Crippen LogP contribution in [0.15, 0.2) is 24.3 Å². The van der Waals surface area contributed by atoms with Crippen LogP contribution in [0.2, 0.25) is 0 Å². The predicted octanol–water partition coefficient (Wildman–Crippen LogP) is 2.29. The van der Waals surface area contributed by atoms with E-state index in [4.69, 9.17) is 5.11 Å². The number of hydrogen-bond acceptors (Lipinski definition) is 2. The molecule has 1 N–H and O–H groups in total. The van der Waals surface area contributed by atoms with Gasteiger partial charge in [-0.15, -0.1) is 0 Å². The summed E-state index contributed by atoms with van der Waals surface area (Å²) in [6.45, 7) is 6.11. The van der Waals surface area contributed by atoms with E-state index in [1.165, 1.54) is 0 Å². The Morgan fingerprint density at radius 1 is 1.19 bits per heavy atom. The van der Waals surface area contributed by atoms with Crippen molar-refractivity contribution < 1.29 is 5.11 Å². The second kappa shape index (κ2) is 4.10. The fourth-order valence-corrected chi connectivity index (χ4v) is 1.88. The molecule has 0 saturated carbocycles. The van der Waals surface area contributed by atoms with Gasteiger partial charge in [0, 0.05) is 5.69 Å². The summed E-state index contributed by atoms with van der Waals surface area (Å²) in [6.07, 6.45) is 0. The van der Waals surface area contributed by atoms with Crippen LogP contribution in [0, 0.1) is 20.8 Å². The van der Waals surface area contributed by atoms with Crippen molar-refractivity contribution in [1.29, 1.82) is 0 Å². The van der Waals surface area contributed by atoms with Gasteiger partial charge in [-0.05, 0) is 50.1 Å². The van der Waals surface area contributed by atoms with Crippen molar-refractivity contribution in [3.05, 3.63) is 46.8 Å². The van der Waals surface area contributed by atoms with Gasteiger partial charge in [-0.3, -0.25) is 0 Å². The minimum Gasteiger partial charge on any atom is -0.392 e. The van der Waals surface area contributed by atoms with Gasteiger partial charge >= 0.3 is 0 Å². The fourth-order valence-electron chi connectivity index (χ4n) is 1.88. The normalized spacial score (nSPS) is 10.8. The highest BCUT2D eigenvalue weighted by Gasteiger charge is 2.05. The smallest absolute Gasteiger partial charge is 0.0684 e. The second-order valence-electron chi connectivity index (χ2n) is 4.11. The van der Waals surface area contributed by atoms with Crippen molar-refractivity contribution >= 4 is 0 Å². The minimum atomic E-state index is 0.0865. The van der Waals surface area contributed by atoms with Gasteiger partial charge in [-0.2, -0.15) is 5.10 Å². The molecule has 0 aliphatic heterocycles. The molecule has 2 rings (SSSR count). The summed E-state index contributed by atoms with van der Waals surface area (Å²) in [4.78, 5) is 0. The Hall–Kier alpha value is -1.61. The van der Waals surface area contributed by atoms with Crippen molar-refractivity contribution in [1.82, 2.24) is 9.78 Å². The average Bonchev–Trinajstić information content (AvgIpc) is 2.58. The lowest BCUT2D eigenvalue weighted by molar-refractivity contribution is 0.281. The number of aromatic nitrogens is 2. The molecule has 0 saturated heterocycles. The molecule has 0 radical (unpaired) electrons. The van der Waals surface area contributed by atoms with E-state index < -0.39 is 0 Å². The molecule has 3 nitrogen and oxygen atoms in total. The van der Waals surface area contributed by atoms with E-state index >= 15 is 0 Å². The molecule has 0 amide bonds. The third kappa shape index (κ3) is 1.86. The molecule has 0 aliphatic rings. The maximum Gasteiger partial charge on any atom is 0.0684 e. The molecule has 84 valence electrons. The van der Waals surface area contributed by atoms with Crippen LogP contribution >= 0.6 is 0 Å². The van der Waals surface area contributed by atoms with Gasteiger partial charge in [0.15, 0.2) is 0 Å². The SMILES string of the molecule is Cc1cc(C)n(-c2ccc(CO)c(C)c2)n1. The van der Waals surface area contributed by atoms with Crippen LogP contribution in [-0.2, 0) is 6.61 Å². The fraction of sp³-hybridized carbons (Fsp3) is 0.308. The first kappa shape index (κ1) is 10.9. The lowest BCUT2D eigenvalue weighted by Gasteiger charge is -2.08. The van der Waals surface area contributed by atoms with Crippen LogP contribution in [-0.4, -0.2) is 14.9 Å². The lowest BCUT2D eigenvalue weighted by atomic mass is 10.1. The average molecular weight is 216 g/mol. The van der Waals surface area contributed by atoms with Crippen LogP contribution in [0.3, 0.4) is 0 Å². The molecule has 1 aromatic heterocycles. The highest BCUT2D eigenvalue weighted by atomic mass is 16.3. The predicted molar refractivity (Wildman–Crippen MR) is 63.7 cm³/mol. The molecule has 3 heteroatoms. The Balaban J connectivity index is 2.49. The van der Waals surface area contributed by atoms with Gasteiger partial charge in [0.25, 0.3) is 0 Å². The lowest BCUT2D eigenvalue weighted by Crippen LogP contribution is -2.00. The van der Waals surface area contributed by atoms with E-state index in [0.717, 1.165) is 28.2 Å². The first-order chi connectivity index (χ1) is 7.61. The van der Waals surface area contributed by atoms with E-state index in [-0.39, 0.29) is 6.61 Å². The van der Waals surface area contributed by atoms with Gasteiger partial charge in [0.1, 0.15) is 0 Å². The number of rotatable bonds is 2. The minimum absolute atomic E-state index is 0.0865. The Kier molecular flexibility index (Phi) is 2.79. The maximum atomic E-state index is 9.12. The second-order valence-corrected chi connectivity index (χ2v) is 4.11. The Bertz CT molecular complexity index is 515. The first-order valence-corrected chi connectivity index (χ1v) is 5.36. The van der Waals surface area contributed by atoms with Gasteiger partial charge in [0.05, 0.1) is 18.0 Å². The number of hydrogen-bond donors (Lipinski definition) is 1. The van der Waals surface area contributed by atoms with Crippen LogP contribution in [0.25, 0.3) is 5.69 Å². The van der Waals surface area contributed by atoms with E-state index in [2.05, 4.69) is 11.2 Å². The highest BCUT2D eigenvalue weighted by molar-refractivity contribution is 5.40. The number of benzene rings is 1. The molecule has 0 bridgehead atoms. The molecular formula is C13H16N2O. The van der Waals surface area contributed by atoms with Crippen molar-refractivity contribution in [2.45, 2.75) is 27.4 Å². The van der Waals surface area contributed by atoms with Crippen LogP contribution < -0.4 is 0 Å². The molecule has 0 spiro atoms. The van der Waals surface area contributed by atoms with Crippen molar-refractivity contribution in [3.63, 3.8) is 0 Å². The molecule has 0 fully saturated rings. The molecule has 0 aliphatic carbocycles. The van der Waals surface area contributed by atoms with Gasteiger partial charge in [-0.1, -0.05) is 6.07 Å². The van der Waals surface area contributed by atoms with Crippen LogP contribution in [0.1, 0.15) is 22.5 Å². The molecule has 2 aromatic rings. The zero-order chi connectivity index (χ0) is 11.7. The van der Waals surface area contributed by atoms with Gasteiger partial charge < -0.3 is 5.11 Å². The molecule has 1 heterocycles. The van der Waals surface area contributed by atoms with Gasteiger partial charge in [-0.25, -0.2) is 4.68 Å². The number of aliphatic hydroxyl groups is 1. The largest absolute Gasteiger partial charge is 0.392 e. The van der Waals surface area contributed by atoms with E-state index in [0.29, 0.717) is 0 Å². The number of aliphatic hydroxyl groups excluding tert-OH is 1. The summed E-state index contributed by atoms with van der Waals surface area (Å²) < 4.78 is 1.92. The molecule has 16 heavy (non-hydrogen) atoms. The summed E-state index contributed by atoms with van der Waals surface area (Å²) in [7, 11) is 0. The number of aryl methyl sites for hydroxylation is 3. The summed E-state index contributed by atoms with van der Waals surface area (Å²) in [6, 6.07) is 8.03. The van der Waals surface area contributed by atoms with E-state index in [1.54, 1.807) is 0 Å². The zero-order valence-corrected chi connectivity index (χ0v) is 9.86. The van der Waals surface area contributed by atoms with Crippen molar-refractivity contribution in [3.8, 4) is 5.69 Å². The van der Waals surface area contributed by atoms with E-state index in [9.17, 15) is 0 Å². The monoisotopic (exact) mass is 216 g/mol. The summed E-state index contributed by atoms with van der Waals surface area (Å²) in [5, 5.41) is 13.5. The standard InChI is InChI=1S/C13H16N2O/c1-9-6-13(5-4-12(9)8-16)15-11(3)7-10(2)14-15/h4-7,16H,8H2,1-3H3. The molecule has 0 unspecified atom stereocenters. The topological polar surface area (TPSA) is 38.0 Å². The summed E-state index contributed by atoms with van der Waals surface area (Å²) >= 11 is 0. The van der Waals surface area contributed by atoms with Crippen LogP contribution in [0.5, 0.6) is 0 Å². The molecule has 1 aromatic carbocycles. The quantitative estimate of drug-likeness (QED) is 0.836. The van der Waals surface area contributed by atoms with E-state index in [1.807, 2.05) is 43.7 Å². The number of nitrogens with zero attached hydrogens (tertiary/aromatic N) is 2. The third-order valence-electron chi connectivity index (χ3n) is 2.75. The third-order valence-corrected chi connectivity index (χ3v) is 2.75. The Morgan fingerprint density at radius 3 is 2.44 bits per heavy atom. The highest BCUT2D eigenvalue weighted by Crippen LogP contribution is 2.16. The van der Waals surface area contributed by atoms with Gasteiger partial charge in [0.2, 0.25) is 0 Å². The van der Waals surface area contributed by atoms with Crippen molar-refractivity contribution in [2.75, 3.05) is 0 Å². The molecule has 0 atom stereocenters. The zero-order valence-electron chi connectivity index (χ0n) is 9.86. The maximum absolute atomic E-state index is 9.12. The molecular weight excluding hydrogens is 200 g/mol. The Morgan fingerprint density at radius 2 is 1.94 bits per heavy atom. The first-order valence-electron chi connectivity index (χ1n) is 5.36. The van der Waals surface area contributed by atoms with Crippen molar-refractivity contribution in [2.24, 2.45) is 0 Å². The summed E-state index contributed by atoms with van der Waals surface area (Å²) in [5.41, 5.74) is 5.23. The summed E-state index contributed by atoms with van der Waals surface area (Å²) in [5.74, 6) is 0. The van der Waals surface area contributed by atoms with Crippen LogP contribution in [0.4, 0.5) is 0 Å². The Labute approximate surface area is 95.3 Å².